The lowest BCUT2D eigenvalue weighted by molar-refractivity contribution is 0.134. The Balaban J connectivity index is 1.53. The summed E-state index contributed by atoms with van der Waals surface area (Å²) in [5, 5.41) is 3.51. The summed E-state index contributed by atoms with van der Waals surface area (Å²) in [4.78, 5) is 0. The number of aryl methyl sites for hydroxylation is 1. The van der Waals surface area contributed by atoms with Crippen LogP contribution in [0, 0.1) is 5.92 Å². The predicted octanol–water partition coefficient (Wildman–Crippen LogP) is 4.07. The van der Waals surface area contributed by atoms with Crippen molar-refractivity contribution in [2.24, 2.45) is 5.92 Å². The van der Waals surface area contributed by atoms with E-state index in [-0.39, 0.29) is 0 Å². The van der Waals surface area contributed by atoms with Gasteiger partial charge in [-0.25, -0.2) is 0 Å². The Morgan fingerprint density at radius 3 is 2.70 bits per heavy atom. The summed E-state index contributed by atoms with van der Waals surface area (Å²) in [7, 11) is 0. The monoisotopic (exact) mass is 275 g/mol. The first kappa shape index (κ1) is 15.5. The van der Waals surface area contributed by atoms with Gasteiger partial charge in [0.15, 0.2) is 0 Å². The van der Waals surface area contributed by atoms with Crippen molar-refractivity contribution in [2.45, 2.75) is 59.2 Å². The molecule has 1 aromatic carbocycles. The third kappa shape index (κ3) is 5.26. The van der Waals surface area contributed by atoms with Crippen LogP contribution in [0.3, 0.4) is 0 Å². The summed E-state index contributed by atoms with van der Waals surface area (Å²) in [6.07, 6.45) is 6.53. The smallest absolute Gasteiger partial charge is 0.0725 e. The standard InChI is InChI=1S/C18H29NO/c1-15(2)12-19-10-6-4-3-5-7-16-8-9-17-13-20-14-18(17)11-16/h8-9,11,15,19H,3-7,10,12-14H2,1-2H3. The molecule has 0 aliphatic carbocycles. The summed E-state index contributed by atoms with van der Waals surface area (Å²) in [6, 6.07) is 6.86. The van der Waals surface area contributed by atoms with E-state index in [9.17, 15) is 0 Å². The average Bonchev–Trinajstić information content (AvgIpc) is 2.89. The zero-order chi connectivity index (χ0) is 14.2. The molecule has 1 N–H and O–H groups in total. The van der Waals surface area contributed by atoms with Gasteiger partial charge in [0.05, 0.1) is 13.2 Å². The van der Waals surface area contributed by atoms with Gasteiger partial charge in [0.1, 0.15) is 0 Å². The van der Waals surface area contributed by atoms with Crippen molar-refractivity contribution in [3.8, 4) is 0 Å². The largest absolute Gasteiger partial charge is 0.372 e. The minimum Gasteiger partial charge on any atom is -0.372 e. The van der Waals surface area contributed by atoms with Gasteiger partial charge in [-0.05, 0) is 55.0 Å². The Labute approximate surface area is 123 Å². The molecule has 0 spiro atoms. The molecule has 0 saturated carbocycles. The highest BCUT2D eigenvalue weighted by atomic mass is 16.5. The third-order valence-electron chi connectivity index (χ3n) is 3.91. The van der Waals surface area contributed by atoms with Gasteiger partial charge in [-0.1, -0.05) is 44.9 Å². The van der Waals surface area contributed by atoms with Crippen LogP contribution < -0.4 is 5.32 Å². The first-order valence-electron chi connectivity index (χ1n) is 8.15. The van der Waals surface area contributed by atoms with Gasteiger partial charge in [-0.15, -0.1) is 0 Å². The average molecular weight is 275 g/mol. The molecule has 0 amide bonds. The molecule has 0 unspecified atom stereocenters. The van der Waals surface area contributed by atoms with E-state index in [2.05, 4.69) is 37.4 Å². The molecule has 1 aliphatic heterocycles. The van der Waals surface area contributed by atoms with Crippen LogP contribution in [0.2, 0.25) is 0 Å². The van der Waals surface area contributed by atoms with Gasteiger partial charge in [0, 0.05) is 0 Å². The van der Waals surface area contributed by atoms with Crippen LogP contribution in [-0.4, -0.2) is 13.1 Å². The van der Waals surface area contributed by atoms with Crippen LogP contribution in [0.4, 0.5) is 0 Å². The van der Waals surface area contributed by atoms with E-state index in [1.807, 2.05) is 0 Å². The van der Waals surface area contributed by atoms with Gasteiger partial charge in [0.25, 0.3) is 0 Å². The highest BCUT2D eigenvalue weighted by molar-refractivity contribution is 5.33. The predicted molar refractivity (Wildman–Crippen MR) is 84.8 cm³/mol. The van der Waals surface area contributed by atoms with Crippen LogP contribution in [0.25, 0.3) is 0 Å². The maximum Gasteiger partial charge on any atom is 0.0725 e. The zero-order valence-electron chi connectivity index (χ0n) is 13.1. The molecule has 2 rings (SSSR count). The molecule has 112 valence electrons. The first-order valence-corrected chi connectivity index (χ1v) is 8.15. The van der Waals surface area contributed by atoms with Crippen molar-refractivity contribution in [1.29, 1.82) is 0 Å². The Hall–Kier alpha value is -0.860. The van der Waals surface area contributed by atoms with Gasteiger partial charge in [-0.3, -0.25) is 0 Å². The number of ether oxygens (including phenoxy) is 1. The van der Waals surface area contributed by atoms with Gasteiger partial charge in [-0.2, -0.15) is 0 Å². The third-order valence-corrected chi connectivity index (χ3v) is 3.91. The van der Waals surface area contributed by atoms with Crippen LogP contribution in [0.15, 0.2) is 18.2 Å². The van der Waals surface area contributed by atoms with E-state index in [0.717, 1.165) is 25.7 Å². The molecule has 20 heavy (non-hydrogen) atoms. The fourth-order valence-electron chi connectivity index (χ4n) is 2.70. The van der Waals surface area contributed by atoms with Crippen molar-refractivity contribution in [3.05, 3.63) is 34.9 Å². The second kappa shape index (κ2) is 8.43. The molecule has 1 aliphatic rings. The van der Waals surface area contributed by atoms with Crippen molar-refractivity contribution >= 4 is 0 Å². The normalized spacial score (nSPS) is 13.9. The molecular weight excluding hydrogens is 246 g/mol. The lowest BCUT2D eigenvalue weighted by Crippen LogP contribution is -2.20. The molecule has 1 heterocycles. The number of benzene rings is 1. The summed E-state index contributed by atoms with van der Waals surface area (Å²) in [5.41, 5.74) is 4.26. The molecule has 0 fully saturated rings. The molecule has 0 aromatic heterocycles. The highest BCUT2D eigenvalue weighted by Crippen LogP contribution is 2.21. The Bertz CT molecular complexity index is 400. The molecule has 2 heteroatoms. The van der Waals surface area contributed by atoms with E-state index in [0.29, 0.717) is 0 Å². The Morgan fingerprint density at radius 2 is 1.85 bits per heavy atom. The van der Waals surface area contributed by atoms with Crippen LogP contribution >= 0.6 is 0 Å². The van der Waals surface area contributed by atoms with Gasteiger partial charge < -0.3 is 10.1 Å². The number of rotatable bonds is 9. The zero-order valence-corrected chi connectivity index (χ0v) is 13.1. The van der Waals surface area contributed by atoms with Crippen LogP contribution in [0.5, 0.6) is 0 Å². The molecule has 0 radical (unpaired) electrons. The van der Waals surface area contributed by atoms with Crippen molar-refractivity contribution in [3.63, 3.8) is 0 Å². The summed E-state index contributed by atoms with van der Waals surface area (Å²) in [5.74, 6) is 0.763. The minimum absolute atomic E-state index is 0.763. The quantitative estimate of drug-likeness (QED) is 0.686. The first-order chi connectivity index (χ1) is 9.75. The van der Waals surface area contributed by atoms with Gasteiger partial charge in [0.2, 0.25) is 0 Å². The van der Waals surface area contributed by atoms with E-state index < -0.39 is 0 Å². The molecule has 0 bridgehead atoms. The van der Waals surface area contributed by atoms with Crippen LogP contribution in [0.1, 0.15) is 56.2 Å². The van der Waals surface area contributed by atoms with E-state index in [1.54, 1.807) is 0 Å². The number of hydrogen-bond donors (Lipinski definition) is 1. The SMILES string of the molecule is CC(C)CNCCCCCCc1ccc2c(c1)COC2. The summed E-state index contributed by atoms with van der Waals surface area (Å²) in [6.45, 7) is 8.46. The maximum absolute atomic E-state index is 5.46. The molecule has 0 saturated heterocycles. The van der Waals surface area contributed by atoms with E-state index in [1.165, 1.54) is 55.3 Å². The van der Waals surface area contributed by atoms with E-state index >= 15 is 0 Å². The van der Waals surface area contributed by atoms with Crippen molar-refractivity contribution < 1.29 is 4.74 Å². The fourth-order valence-corrected chi connectivity index (χ4v) is 2.70. The molecule has 1 aromatic rings. The second-order valence-corrected chi connectivity index (χ2v) is 6.36. The number of unbranched alkanes of at least 4 members (excludes halogenated alkanes) is 3. The number of fused-ring (bicyclic) bond motifs is 1. The number of hydrogen-bond acceptors (Lipinski definition) is 2. The molecular formula is C18H29NO. The topological polar surface area (TPSA) is 21.3 Å². The molecule has 2 nitrogen and oxygen atoms in total. The Morgan fingerprint density at radius 1 is 1.05 bits per heavy atom. The summed E-state index contributed by atoms with van der Waals surface area (Å²) >= 11 is 0. The van der Waals surface area contributed by atoms with Gasteiger partial charge >= 0.3 is 0 Å². The number of nitrogens with one attached hydrogen (secondary N) is 1. The lowest BCUT2D eigenvalue weighted by atomic mass is 10.0. The van der Waals surface area contributed by atoms with Crippen LogP contribution in [-0.2, 0) is 24.4 Å². The summed E-state index contributed by atoms with van der Waals surface area (Å²) < 4.78 is 5.46. The fraction of sp³-hybridized carbons (Fsp3) is 0.667. The second-order valence-electron chi connectivity index (χ2n) is 6.36. The lowest BCUT2D eigenvalue weighted by Gasteiger charge is -2.07. The highest BCUT2D eigenvalue weighted by Gasteiger charge is 2.10. The minimum atomic E-state index is 0.763. The van der Waals surface area contributed by atoms with Crippen molar-refractivity contribution in [1.82, 2.24) is 5.32 Å². The Kier molecular flexibility index (Phi) is 6.55. The van der Waals surface area contributed by atoms with E-state index in [4.69, 9.17) is 4.74 Å². The van der Waals surface area contributed by atoms with Crippen molar-refractivity contribution in [2.75, 3.05) is 13.1 Å². The molecule has 0 atom stereocenters. The maximum atomic E-state index is 5.46.